The first kappa shape index (κ1) is 20.2. The van der Waals surface area contributed by atoms with Crippen LogP contribution in [0.1, 0.15) is 0 Å². The Morgan fingerprint density at radius 1 is 0.429 bits per heavy atom. The average Bonchev–Trinajstić information content (AvgIpc) is 2.90. The predicted octanol–water partition coefficient (Wildman–Crippen LogP) is 9.60. The van der Waals surface area contributed by atoms with Crippen LogP contribution >= 0.6 is 15.9 Å². The minimum Gasteiger partial charge on any atom is -0.453 e. The summed E-state index contributed by atoms with van der Waals surface area (Å²) in [7, 11) is 0. The van der Waals surface area contributed by atoms with Gasteiger partial charge in [-0.1, -0.05) is 48.5 Å². The standard InChI is InChI=1S/C30H19BrN2O2/c31-21-19-20(32-23-9-1-5-13-27(23)34-28-14-6-2-10-24(28)32)17-18-22(21)33-25-11-3-7-15-29(25)35-30-16-8-4-12-26(30)33/h1-19H. The van der Waals surface area contributed by atoms with E-state index in [2.05, 4.69) is 68.2 Å². The molecule has 0 saturated heterocycles. The second-order valence-corrected chi connectivity index (χ2v) is 9.24. The van der Waals surface area contributed by atoms with Crippen molar-refractivity contribution in [3.63, 3.8) is 0 Å². The third-order valence-electron chi connectivity index (χ3n) is 6.29. The molecule has 0 bridgehead atoms. The highest BCUT2D eigenvalue weighted by molar-refractivity contribution is 9.10. The van der Waals surface area contributed by atoms with E-state index in [4.69, 9.17) is 9.47 Å². The van der Waals surface area contributed by atoms with E-state index in [1.165, 1.54) is 0 Å². The van der Waals surface area contributed by atoms with E-state index >= 15 is 0 Å². The average molecular weight is 519 g/mol. The molecule has 0 radical (unpaired) electrons. The van der Waals surface area contributed by atoms with Crippen LogP contribution in [0, 0.1) is 0 Å². The number of fused-ring (bicyclic) bond motifs is 4. The van der Waals surface area contributed by atoms with Crippen molar-refractivity contribution in [2.24, 2.45) is 0 Å². The Balaban J connectivity index is 1.38. The van der Waals surface area contributed by atoms with E-state index in [1.54, 1.807) is 0 Å². The smallest absolute Gasteiger partial charge is 0.151 e. The molecule has 35 heavy (non-hydrogen) atoms. The van der Waals surface area contributed by atoms with Gasteiger partial charge in [0.2, 0.25) is 0 Å². The fraction of sp³-hybridized carbons (Fsp3) is 0. The Kier molecular flexibility index (Phi) is 4.57. The van der Waals surface area contributed by atoms with E-state index in [9.17, 15) is 0 Å². The molecule has 5 aromatic rings. The number of benzene rings is 5. The number of halogens is 1. The first-order valence-electron chi connectivity index (χ1n) is 11.4. The summed E-state index contributed by atoms with van der Waals surface area (Å²) in [6.07, 6.45) is 0. The summed E-state index contributed by atoms with van der Waals surface area (Å²) in [6, 6.07) is 38.9. The van der Waals surface area contributed by atoms with Gasteiger partial charge in [-0.25, -0.2) is 0 Å². The van der Waals surface area contributed by atoms with Crippen LogP contribution in [-0.2, 0) is 0 Å². The SMILES string of the molecule is Brc1cc(N2c3ccccc3Oc3ccccc32)ccc1N1c2ccccc2Oc2ccccc21. The first-order chi connectivity index (χ1) is 17.3. The fourth-order valence-corrected chi connectivity index (χ4v) is 5.31. The summed E-state index contributed by atoms with van der Waals surface area (Å²) in [5.74, 6) is 3.33. The Bertz CT molecular complexity index is 1510. The van der Waals surface area contributed by atoms with E-state index < -0.39 is 0 Å². The lowest BCUT2D eigenvalue weighted by Gasteiger charge is -2.35. The van der Waals surface area contributed by atoms with Crippen LogP contribution in [0.5, 0.6) is 23.0 Å². The van der Waals surface area contributed by atoms with E-state index in [0.29, 0.717) is 0 Å². The van der Waals surface area contributed by atoms with Crippen LogP contribution in [0.2, 0.25) is 0 Å². The molecule has 0 N–H and O–H groups in total. The van der Waals surface area contributed by atoms with Gasteiger partial charge in [-0.2, -0.15) is 0 Å². The molecule has 0 aromatic heterocycles. The molecular weight excluding hydrogens is 500 g/mol. The Morgan fingerprint density at radius 3 is 1.26 bits per heavy atom. The molecule has 0 amide bonds. The third-order valence-corrected chi connectivity index (χ3v) is 6.93. The molecule has 0 fully saturated rings. The number of anilines is 6. The molecular formula is C30H19BrN2O2. The number of nitrogens with zero attached hydrogens (tertiary/aromatic N) is 2. The molecule has 0 unspecified atom stereocenters. The number of rotatable bonds is 2. The van der Waals surface area contributed by atoms with Gasteiger partial charge in [-0.3, -0.25) is 0 Å². The van der Waals surface area contributed by atoms with E-state index in [-0.39, 0.29) is 0 Å². The fourth-order valence-electron chi connectivity index (χ4n) is 4.76. The lowest BCUT2D eigenvalue weighted by atomic mass is 10.1. The van der Waals surface area contributed by atoms with Crippen LogP contribution in [-0.4, -0.2) is 0 Å². The number of hydrogen-bond donors (Lipinski definition) is 0. The first-order valence-corrected chi connectivity index (χ1v) is 12.2. The van der Waals surface area contributed by atoms with Gasteiger partial charge in [-0.05, 0) is 82.7 Å². The molecule has 7 rings (SSSR count). The molecule has 4 nitrogen and oxygen atoms in total. The van der Waals surface area contributed by atoms with Gasteiger partial charge in [-0.15, -0.1) is 0 Å². The monoisotopic (exact) mass is 518 g/mol. The number of para-hydroxylation sites is 8. The van der Waals surface area contributed by atoms with Gasteiger partial charge in [0.15, 0.2) is 23.0 Å². The highest BCUT2D eigenvalue weighted by Crippen LogP contribution is 2.54. The van der Waals surface area contributed by atoms with Crippen molar-refractivity contribution >= 4 is 50.1 Å². The zero-order valence-electron chi connectivity index (χ0n) is 18.6. The van der Waals surface area contributed by atoms with Crippen LogP contribution in [0.4, 0.5) is 34.1 Å². The van der Waals surface area contributed by atoms with E-state index in [0.717, 1.165) is 61.6 Å². The molecule has 2 heterocycles. The maximum Gasteiger partial charge on any atom is 0.151 e. The third kappa shape index (κ3) is 3.20. The molecule has 5 aromatic carbocycles. The molecule has 2 aliphatic heterocycles. The Hall–Kier alpha value is -4.22. The summed E-state index contributed by atoms with van der Waals surface area (Å²) >= 11 is 3.89. The number of hydrogen-bond acceptors (Lipinski definition) is 4. The summed E-state index contributed by atoms with van der Waals surface area (Å²) in [4.78, 5) is 4.48. The summed E-state index contributed by atoms with van der Waals surface area (Å²) in [6.45, 7) is 0. The van der Waals surface area contributed by atoms with Crippen LogP contribution in [0.15, 0.2) is 120 Å². The van der Waals surface area contributed by atoms with Crippen molar-refractivity contribution in [2.45, 2.75) is 0 Å². The molecule has 0 saturated carbocycles. The Morgan fingerprint density at radius 2 is 0.829 bits per heavy atom. The van der Waals surface area contributed by atoms with Crippen LogP contribution in [0.3, 0.4) is 0 Å². The predicted molar refractivity (Wildman–Crippen MR) is 144 cm³/mol. The minimum atomic E-state index is 0.832. The topological polar surface area (TPSA) is 24.9 Å². The summed E-state index contributed by atoms with van der Waals surface area (Å²) in [5.41, 5.74) is 6.09. The van der Waals surface area contributed by atoms with Gasteiger partial charge in [0.05, 0.1) is 28.4 Å². The van der Waals surface area contributed by atoms with Gasteiger partial charge in [0.25, 0.3) is 0 Å². The minimum absolute atomic E-state index is 0.832. The molecule has 2 aliphatic rings. The Labute approximate surface area is 211 Å². The molecule has 0 spiro atoms. The zero-order valence-corrected chi connectivity index (χ0v) is 20.1. The summed E-state index contributed by atoms with van der Waals surface area (Å²) < 4.78 is 13.3. The van der Waals surface area contributed by atoms with Gasteiger partial charge >= 0.3 is 0 Å². The quantitative estimate of drug-likeness (QED) is 0.227. The lowest BCUT2D eigenvalue weighted by Crippen LogP contribution is -2.17. The molecule has 168 valence electrons. The van der Waals surface area contributed by atoms with Crippen LogP contribution < -0.4 is 19.3 Å². The lowest BCUT2D eigenvalue weighted by molar-refractivity contribution is 0.476. The highest BCUT2D eigenvalue weighted by atomic mass is 79.9. The molecule has 0 aliphatic carbocycles. The van der Waals surface area contributed by atoms with Crippen LogP contribution in [0.25, 0.3) is 0 Å². The van der Waals surface area contributed by atoms with E-state index in [1.807, 2.05) is 72.8 Å². The second-order valence-electron chi connectivity index (χ2n) is 8.38. The van der Waals surface area contributed by atoms with Gasteiger partial charge in [0, 0.05) is 10.2 Å². The van der Waals surface area contributed by atoms with Crippen molar-refractivity contribution in [1.82, 2.24) is 0 Å². The molecule has 5 heteroatoms. The highest BCUT2D eigenvalue weighted by Gasteiger charge is 2.29. The van der Waals surface area contributed by atoms with Crippen molar-refractivity contribution in [1.29, 1.82) is 0 Å². The van der Waals surface area contributed by atoms with Crippen molar-refractivity contribution in [2.75, 3.05) is 9.80 Å². The van der Waals surface area contributed by atoms with Gasteiger partial charge < -0.3 is 19.3 Å². The number of ether oxygens (including phenoxy) is 2. The normalized spacial score (nSPS) is 13.1. The maximum atomic E-state index is 6.19. The van der Waals surface area contributed by atoms with Crippen molar-refractivity contribution in [3.8, 4) is 23.0 Å². The largest absolute Gasteiger partial charge is 0.453 e. The van der Waals surface area contributed by atoms with Gasteiger partial charge in [0.1, 0.15) is 0 Å². The van der Waals surface area contributed by atoms with Crippen molar-refractivity contribution in [3.05, 3.63) is 120 Å². The second kappa shape index (κ2) is 7.93. The zero-order chi connectivity index (χ0) is 23.4. The molecule has 0 atom stereocenters. The summed E-state index contributed by atoms with van der Waals surface area (Å²) in [5, 5.41) is 0. The maximum absolute atomic E-state index is 6.19. The van der Waals surface area contributed by atoms with Crippen molar-refractivity contribution < 1.29 is 9.47 Å².